The Morgan fingerprint density at radius 3 is 1.31 bits per heavy atom. The third-order valence-corrected chi connectivity index (χ3v) is 13.0. The molecule has 13 aromatic rings. The molecule has 318 valence electrons. The van der Waals surface area contributed by atoms with Gasteiger partial charge in [0, 0.05) is 49.4 Å². The molecule has 4 heterocycles. The van der Waals surface area contributed by atoms with E-state index in [1.807, 2.05) is 36.4 Å². The zero-order chi connectivity index (χ0) is 45.0. The first kappa shape index (κ1) is 39.1. The molecule has 0 saturated heterocycles. The SMILES string of the molecule is c1ccc(-c2cc(-c3ccccc3-n3c4ccccc4c4c5c6ccccc6n(-c6nc(-c7ccccc7)nc(-c7ccccc7)n6)c5ccc43)cc(-c3ccccc3-c3ccccc3)n2)cc1. The van der Waals surface area contributed by atoms with E-state index in [-0.39, 0.29) is 0 Å². The fourth-order valence-electron chi connectivity index (χ4n) is 9.96. The second-order valence-electron chi connectivity index (χ2n) is 17.0. The van der Waals surface area contributed by atoms with E-state index in [9.17, 15) is 0 Å². The van der Waals surface area contributed by atoms with E-state index < -0.39 is 0 Å². The molecule has 0 spiro atoms. The van der Waals surface area contributed by atoms with Crippen molar-refractivity contribution < 1.29 is 0 Å². The van der Waals surface area contributed by atoms with Gasteiger partial charge in [0.25, 0.3) is 0 Å². The summed E-state index contributed by atoms with van der Waals surface area (Å²) in [5, 5.41) is 4.59. The van der Waals surface area contributed by atoms with E-state index in [2.05, 4.69) is 215 Å². The van der Waals surface area contributed by atoms with Gasteiger partial charge in [-0.2, -0.15) is 9.97 Å². The Morgan fingerprint density at radius 1 is 0.265 bits per heavy atom. The van der Waals surface area contributed by atoms with Crippen molar-refractivity contribution >= 4 is 43.6 Å². The molecular formula is C62H40N6. The van der Waals surface area contributed by atoms with Crippen LogP contribution in [-0.4, -0.2) is 29.1 Å². The first-order chi connectivity index (χ1) is 33.7. The highest BCUT2D eigenvalue weighted by molar-refractivity contribution is 6.29. The van der Waals surface area contributed by atoms with Gasteiger partial charge in [-0.15, -0.1) is 0 Å². The highest BCUT2D eigenvalue weighted by Crippen LogP contribution is 2.44. The lowest BCUT2D eigenvalue weighted by Gasteiger charge is -2.17. The van der Waals surface area contributed by atoms with Crippen molar-refractivity contribution in [2.75, 3.05) is 0 Å². The Bertz CT molecular complexity index is 3950. The third-order valence-electron chi connectivity index (χ3n) is 13.0. The van der Waals surface area contributed by atoms with Crippen LogP contribution in [0.25, 0.3) is 123 Å². The van der Waals surface area contributed by atoms with Crippen molar-refractivity contribution in [1.82, 2.24) is 29.1 Å². The molecule has 0 radical (unpaired) electrons. The molecule has 0 aliphatic carbocycles. The van der Waals surface area contributed by atoms with Gasteiger partial charge >= 0.3 is 0 Å². The number of aromatic nitrogens is 6. The van der Waals surface area contributed by atoms with Gasteiger partial charge < -0.3 is 4.57 Å². The van der Waals surface area contributed by atoms with Crippen molar-refractivity contribution in [3.8, 4) is 79.2 Å². The highest BCUT2D eigenvalue weighted by Gasteiger charge is 2.24. The van der Waals surface area contributed by atoms with E-state index in [1.54, 1.807) is 0 Å². The molecule has 0 atom stereocenters. The number of benzene rings is 9. The first-order valence-corrected chi connectivity index (χ1v) is 22.9. The topological polar surface area (TPSA) is 61.4 Å². The van der Waals surface area contributed by atoms with E-state index in [4.69, 9.17) is 19.9 Å². The van der Waals surface area contributed by atoms with Gasteiger partial charge in [-0.1, -0.05) is 200 Å². The molecule has 13 rings (SSSR count). The maximum Gasteiger partial charge on any atom is 0.238 e. The highest BCUT2D eigenvalue weighted by atomic mass is 15.2. The van der Waals surface area contributed by atoms with Crippen LogP contribution in [-0.2, 0) is 0 Å². The molecule has 0 aliphatic heterocycles. The summed E-state index contributed by atoms with van der Waals surface area (Å²) in [5.74, 6) is 1.80. The van der Waals surface area contributed by atoms with Gasteiger partial charge in [-0.3, -0.25) is 4.57 Å². The van der Waals surface area contributed by atoms with Crippen LogP contribution in [0, 0.1) is 0 Å². The van der Waals surface area contributed by atoms with Gasteiger partial charge in [0.1, 0.15) is 0 Å². The van der Waals surface area contributed by atoms with E-state index in [0.717, 1.165) is 99.8 Å². The molecular weight excluding hydrogens is 829 g/mol. The number of hydrogen-bond acceptors (Lipinski definition) is 4. The normalized spacial score (nSPS) is 11.5. The Hall–Kier alpha value is -9.26. The summed E-state index contributed by atoms with van der Waals surface area (Å²) in [6.07, 6.45) is 0. The number of pyridine rings is 1. The molecule has 0 N–H and O–H groups in total. The van der Waals surface area contributed by atoms with Crippen molar-refractivity contribution in [1.29, 1.82) is 0 Å². The maximum absolute atomic E-state index is 5.39. The Labute approximate surface area is 392 Å². The third kappa shape index (κ3) is 6.58. The largest absolute Gasteiger partial charge is 0.309 e. The molecule has 9 aromatic carbocycles. The fourth-order valence-corrected chi connectivity index (χ4v) is 9.96. The lowest BCUT2D eigenvalue weighted by molar-refractivity contribution is 0.953. The molecule has 0 amide bonds. The van der Waals surface area contributed by atoms with Crippen molar-refractivity contribution in [3.63, 3.8) is 0 Å². The van der Waals surface area contributed by atoms with Crippen LogP contribution in [0.1, 0.15) is 0 Å². The zero-order valence-electron chi connectivity index (χ0n) is 36.8. The summed E-state index contributed by atoms with van der Waals surface area (Å²) in [4.78, 5) is 20.9. The standard InChI is InChI=1S/C62H40N6/c1-5-21-41(22-6-1)46-29-13-14-31-48(46)52-40-45(39-51(63-52)42-23-7-2-8-24-42)47-30-15-18-34-53(47)67-54-35-19-16-32-49(54)58-56(67)37-38-57-59(58)50-33-17-20-36-55(50)68(57)62-65-60(43-25-9-3-10-26-43)64-61(66-62)44-27-11-4-12-28-44/h1-40H. The van der Waals surface area contributed by atoms with Gasteiger partial charge in [0.15, 0.2) is 11.6 Å². The zero-order valence-corrected chi connectivity index (χ0v) is 36.8. The van der Waals surface area contributed by atoms with E-state index in [1.165, 1.54) is 5.39 Å². The Balaban J connectivity index is 1.06. The van der Waals surface area contributed by atoms with Crippen LogP contribution in [0.4, 0.5) is 0 Å². The van der Waals surface area contributed by atoms with Crippen LogP contribution >= 0.6 is 0 Å². The summed E-state index contributed by atoms with van der Waals surface area (Å²) < 4.78 is 4.65. The molecule has 68 heavy (non-hydrogen) atoms. The molecule has 6 nitrogen and oxygen atoms in total. The monoisotopic (exact) mass is 868 g/mol. The number of hydrogen-bond donors (Lipinski definition) is 0. The van der Waals surface area contributed by atoms with Crippen LogP contribution in [0.15, 0.2) is 243 Å². The number of rotatable bonds is 8. The summed E-state index contributed by atoms with van der Waals surface area (Å²) in [5.41, 5.74) is 15.6. The van der Waals surface area contributed by atoms with E-state index in [0.29, 0.717) is 17.6 Å². The molecule has 0 bridgehead atoms. The summed E-state index contributed by atoms with van der Waals surface area (Å²) in [6, 6.07) is 85.1. The Kier molecular flexibility index (Phi) is 9.39. The van der Waals surface area contributed by atoms with Crippen molar-refractivity contribution in [2.45, 2.75) is 0 Å². The van der Waals surface area contributed by atoms with Crippen LogP contribution < -0.4 is 0 Å². The first-order valence-electron chi connectivity index (χ1n) is 22.9. The predicted octanol–water partition coefficient (Wildman–Crippen LogP) is 15.5. The minimum absolute atomic E-state index is 0.564. The quantitative estimate of drug-likeness (QED) is 0.153. The molecule has 4 aromatic heterocycles. The van der Waals surface area contributed by atoms with Gasteiger partial charge in [-0.05, 0) is 59.2 Å². The van der Waals surface area contributed by atoms with Crippen molar-refractivity contribution in [3.05, 3.63) is 243 Å². The second-order valence-corrected chi connectivity index (χ2v) is 17.0. The maximum atomic E-state index is 5.39. The summed E-state index contributed by atoms with van der Waals surface area (Å²) in [6.45, 7) is 0. The lowest BCUT2D eigenvalue weighted by Crippen LogP contribution is -2.06. The molecule has 0 aliphatic rings. The Morgan fingerprint density at radius 2 is 0.706 bits per heavy atom. The van der Waals surface area contributed by atoms with Gasteiger partial charge in [0.2, 0.25) is 5.95 Å². The van der Waals surface area contributed by atoms with Gasteiger partial charge in [0.05, 0.1) is 39.1 Å². The number of nitrogens with zero attached hydrogens (tertiary/aromatic N) is 6. The van der Waals surface area contributed by atoms with Crippen LogP contribution in [0.5, 0.6) is 0 Å². The lowest BCUT2D eigenvalue weighted by atomic mass is 9.94. The van der Waals surface area contributed by atoms with E-state index >= 15 is 0 Å². The summed E-state index contributed by atoms with van der Waals surface area (Å²) >= 11 is 0. The number of fused-ring (bicyclic) bond motifs is 7. The summed E-state index contributed by atoms with van der Waals surface area (Å²) in [7, 11) is 0. The molecule has 0 saturated carbocycles. The van der Waals surface area contributed by atoms with Gasteiger partial charge in [-0.25, -0.2) is 9.97 Å². The average Bonchev–Trinajstić information content (AvgIpc) is 3.94. The minimum atomic E-state index is 0.564. The van der Waals surface area contributed by atoms with Crippen LogP contribution in [0.2, 0.25) is 0 Å². The predicted molar refractivity (Wildman–Crippen MR) is 279 cm³/mol. The average molecular weight is 869 g/mol. The molecule has 0 fully saturated rings. The minimum Gasteiger partial charge on any atom is -0.309 e. The smallest absolute Gasteiger partial charge is 0.238 e. The fraction of sp³-hybridized carbons (Fsp3) is 0. The van der Waals surface area contributed by atoms with Crippen LogP contribution in [0.3, 0.4) is 0 Å². The second kappa shape index (κ2) is 16.3. The molecule has 0 unspecified atom stereocenters. The van der Waals surface area contributed by atoms with Crippen molar-refractivity contribution in [2.24, 2.45) is 0 Å². The number of para-hydroxylation sites is 3. The molecule has 6 heteroatoms.